The predicted molar refractivity (Wildman–Crippen MR) is 120 cm³/mol. The Kier molecular flexibility index (Phi) is 8.35. The van der Waals surface area contributed by atoms with Gasteiger partial charge in [0, 0.05) is 18.8 Å². The van der Waals surface area contributed by atoms with Crippen LogP contribution in [-0.4, -0.2) is 56.9 Å². The van der Waals surface area contributed by atoms with E-state index in [4.69, 9.17) is 9.47 Å². The average molecular weight is 493 g/mol. The Bertz CT molecular complexity index is 1130. The van der Waals surface area contributed by atoms with Crippen molar-refractivity contribution in [1.82, 2.24) is 4.31 Å². The molecule has 11 heteroatoms. The molecule has 34 heavy (non-hydrogen) atoms. The monoisotopic (exact) mass is 492 g/mol. The lowest BCUT2D eigenvalue weighted by molar-refractivity contribution is -0.152. The molecule has 1 saturated heterocycles. The Morgan fingerprint density at radius 2 is 1.62 bits per heavy atom. The van der Waals surface area contributed by atoms with Gasteiger partial charge in [0.1, 0.15) is 5.82 Å². The number of ether oxygens (including phenoxy) is 2. The molecule has 1 aliphatic heterocycles. The van der Waals surface area contributed by atoms with Gasteiger partial charge in [-0.25, -0.2) is 17.6 Å². The average Bonchev–Trinajstić information content (AvgIpc) is 2.83. The van der Waals surface area contributed by atoms with Crippen molar-refractivity contribution in [3.63, 3.8) is 0 Å². The molecule has 0 atom stereocenters. The van der Waals surface area contributed by atoms with Crippen LogP contribution in [0, 0.1) is 11.7 Å². The lowest BCUT2D eigenvalue weighted by Gasteiger charge is -2.30. The summed E-state index contributed by atoms with van der Waals surface area (Å²) in [7, 11) is -3.78. The van der Waals surface area contributed by atoms with E-state index in [2.05, 4.69) is 5.32 Å². The molecular weight excluding hydrogens is 467 g/mol. The standard InChI is InChI=1S/C23H25FN2O7S/c1-2-32-22(28)16-3-7-19(8-4-16)25-21(27)15-33-23(29)17-11-13-26(14-12-17)34(30,31)20-9-5-18(24)6-10-20/h3-10,17H,2,11-15H2,1H3,(H,25,27). The number of anilines is 1. The number of rotatable bonds is 8. The quantitative estimate of drug-likeness (QED) is 0.563. The number of carbonyl (C=O) groups excluding carboxylic acids is 3. The van der Waals surface area contributed by atoms with E-state index in [0.29, 0.717) is 11.3 Å². The lowest BCUT2D eigenvalue weighted by atomic mass is 9.98. The van der Waals surface area contributed by atoms with Crippen molar-refractivity contribution in [2.24, 2.45) is 5.92 Å². The number of benzene rings is 2. The highest BCUT2D eigenvalue weighted by molar-refractivity contribution is 7.89. The van der Waals surface area contributed by atoms with Crippen molar-refractivity contribution >= 4 is 33.6 Å². The first-order valence-electron chi connectivity index (χ1n) is 10.7. The highest BCUT2D eigenvalue weighted by Crippen LogP contribution is 2.25. The number of sulfonamides is 1. The van der Waals surface area contributed by atoms with E-state index in [9.17, 15) is 27.2 Å². The second kappa shape index (κ2) is 11.2. The second-order valence-corrected chi connectivity index (χ2v) is 9.52. The molecule has 2 aromatic rings. The lowest BCUT2D eigenvalue weighted by Crippen LogP contribution is -2.40. The first kappa shape index (κ1) is 25.3. The summed E-state index contributed by atoms with van der Waals surface area (Å²) < 4.78 is 49.6. The summed E-state index contributed by atoms with van der Waals surface area (Å²) >= 11 is 0. The molecule has 0 saturated carbocycles. The number of hydrogen-bond donors (Lipinski definition) is 1. The highest BCUT2D eigenvalue weighted by Gasteiger charge is 2.33. The molecule has 2 aromatic carbocycles. The Balaban J connectivity index is 1.45. The van der Waals surface area contributed by atoms with Crippen molar-refractivity contribution in [3.8, 4) is 0 Å². The number of hydrogen-bond acceptors (Lipinski definition) is 7. The van der Waals surface area contributed by atoms with Gasteiger partial charge < -0.3 is 14.8 Å². The molecule has 1 heterocycles. The fourth-order valence-corrected chi connectivity index (χ4v) is 4.91. The van der Waals surface area contributed by atoms with Gasteiger partial charge in [-0.05, 0) is 68.3 Å². The van der Waals surface area contributed by atoms with E-state index in [0.717, 1.165) is 12.1 Å². The van der Waals surface area contributed by atoms with E-state index in [-0.39, 0.29) is 37.4 Å². The SMILES string of the molecule is CCOC(=O)c1ccc(NC(=O)COC(=O)C2CCN(S(=O)(=O)c3ccc(F)cc3)CC2)cc1. The summed E-state index contributed by atoms with van der Waals surface area (Å²) in [6.45, 7) is 1.68. The van der Waals surface area contributed by atoms with Gasteiger partial charge in [-0.3, -0.25) is 9.59 Å². The molecule has 1 amide bonds. The molecule has 1 fully saturated rings. The van der Waals surface area contributed by atoms with Crippen LogP contribution in [0.1, 0.15) is 30.1 Å². The van der Waals surface area contributed by atoms with Crippen molar-refractivity contribution < 1.29 is 36.7 Å². The Morgan fingerprint density at radius 1 is 1.00 bits per heavy atom. The van der Waals surface area contributed by atoms with Crippen LogP contribution in [0.4, 0.5) is 10.1 Å². The van der Waals surface area contributed by atoms with E-state index < -0.39 is 46.2 Å². The molecule has 1 N–H and O–H groups in total. The topological polar surface area (TPSA) is 119 Å². The first-order valence-corrected chi connectivity index (χ1v) is 12.1. The van der Waals surface area contributed by atoms with Gasteiger partial charge in [-0.2, -0.15) is 4.31 Å². The van der Waals surface area contributed by atoms with Crippen LogP contribution in [0.2, 0.25) is 0 Å². The summed E-state index contributed by atoms with van der Waals surface area (Å²) in [6.07, 6.45) is 0.492. The van der Waals surface area contributed by atoms with Crippen LogP contribution in [-0.2, 0) is 29.1 Å². The summed E-state index contributed by atoms with van der Waals surface area (Å²) in [5.74, 6) is -2.65. The molecule has 0 aromatic heterocycles. The number of carbonyl (C=O) groups is 3. The van der Waals surface area contributed by atoms with E-state index in [1.165, 1.54) is 40.7 Å². The third kappa shape index (κ3) is 6.39. The largest absolute Gasteiger partial charge is 0.462 e. The van der Waals surface area contributed by atoms with Gasteiger partial charge in [-0.1, -0.05) is 0 Å². The van der Waals surface area contributed by atoms with Gasteiger partial charge in [0.2, 0.25) is 10.0 Å². The maximum absolute atomic E-state index is 13.1. The van der Waals surface area contributed by atoms with Gasteiger partial charge >= 0.3 is 11.9 Å². The van der Waals surface area contributed by atoms with Gasteiger partial charge in [0.05, 0.1) is 23.0 Å². The number of nitrogens with zero attached hydrogens (tertiary/aromatic N) is 1. The molecule has 182 valence electrons. The number of piperidine rings is 1. The minimum atomic E-state index is -3.78. The number of amides is 1. The molecular formula is C23H25FN2O7S. The third-order valence-electron chi connectivity index (χ3n) is 5.26. The third-order valence-corrected chi connectivity index (χ3v) is 7.18. The fourth-order valence-electron chi connectivity index (χ4n) is 3.44. The van der Waals surface area contributed by atoms with E-state index >= 15 is 0 Å². The summed E-state index contributed by atoms with van der Waals surface area (Å²) in [4.78, 5) is 36.1. The number of esters is 2. The van der Waals surface area contributed by atoms with Crippen LogP contribution in [0.5, 0.6) is 0 Å². The number of nitrogens with one attached hydrogen (secondary N) is 1. The van der Waals surface area contributed by atoms with Gasteiger partial charge in [-0.15, -0.1) is 0 Å². The Morgan fingerprint density at radius 3 is 2.21 bits per heavy atom. The maximum atomic E-state index is 13.1. The molecule has 9 nitrogen and oxygen atoms in total. The fraction of sp³-hybridized carbons (Fsp3) is 0.348. The van der Waals surface area contributed by atoms with Gasteiger partial charge in [0.25, 0.3) is 5.91 Å². The predicted octanol–water partition coefficient (Wildman–Crippen LogP) is 2.59. The molecule has 1 aliphatic rings. The normalized spacial score (nSPS) is 14.9. The Labute approximate surface area is 196 Å². The van der Waals surface area contributed by atoms with Gasteiger partial charge in [0.15, 0.2) is 6.61 Å². The van der Waals surface area contributed by atoms with Crippen molar-refractivity contribution in [2.45, 2.75) is 24.7 Å². The molecule has 3 rings (SSSR count). The zero-order valence-corrected chi connectivity index (χ0v) is 19.3. The number of halogens is 1. The summed E-state index contributed by atoms with van der Waals surface area (Å²) in [5.41, 5.74) is 0.771. The molecule has 0 bridgehead atoms. The molecule has 0 aliphatic carbocycles. The maximum Gasteiger partial charge on any atom is 0.338 e. The zero-order chi connectivity index (χ0) is 24.7. The van der Waals surface area contributed by atoms with Crippen LogP contribution in [0.15, 0.2) is 53.4 Å². The van der Waals surface area contributed by atoms with Crippen molar-refractivity contribution in [1.29, 1.82) is 0 Å². The zero-order valence-electron chi connectivity index (χ0n) is 18.5. The molecule has 0 unspecified atom stereocenters. The minimum absolute atomic E-state index is 0.0121. The molecule has 0 radical (unpaired) electrons. The van der Waals surface area contributed by atoms with Crippen LogP contribution < -0.4 is 5.32 Å². The highest BCUT2D eigenvalue weighted by atomic mass is 32.2. The summed E-state index contributed by atoms with van der Waals surface area (Å²) in [5, 5.41) is 2.56. The van der Waals surface area contributed by atoms with Crippen LogP contribution in [0.3, 0.4) is 0 Å². The van der Waals surface area contributed by atoms with E-state index in [1.807, 2.05) is 0 Å². The first-order chi connectivity index (χ1) is 16.2. The van der Waals surface area contributed by atoms with Crippen molar-refractivity contribution in [3.05, 3.63) is 59.9 Å². The van der Waals surface area contributed by atoms with E-state index in [1.54, 1.807) is 6.92 Å². The second-order valence-electron chi connectivity index (χ2n) is 7.59. The Hall–Kier alpha value is -3.31. The van der Waals surface area contributed by atoms with Crippen LogP contribution in [0.25, 0.3) is 0 Å². The molecule has 0 spiro atoms. The smallest absolute Gasteiger partial charge is 0.338 e. The summed E-state index contributed by atoms with van der Waals surface area (Å²) in [6, 6.07) is 10.6. The van der Waals surface area contributed by atoms with Crippen LogP contribution >= 0.6 is 0 Å². The van der Waals surface area contributed by atoms with Crippen molar-refractivity contribution in [2.75, 3.05) is 31.6 Å². The minimum Gasteiger partial charge on any atom is -0.462 e.